The van der Waals surface area contributed by atoms with Crippen LogP contribution in [-0.4, -0.2) is 28.9 Å². The molecule has 19 heavy (non-hydrogen) atoms. The predicted octanol–water partition coefficient (Wildman–Crippen LogP) is 3.07. The van der Waals surface area contributed by atoms with Crippen molar-refractivity contribution in [2.45, 2.75) is 15.9 Å². The second kappa shape index (κ2) is 5.57. The average Bonchev–Trinajstić information content (AvgIpc) is 2.83. The third-order valence-electron chi connectivity index (χ3n) is 2.60. The zero-order valence-corrected chi connectivity index (χ0v) is 12.1. The fourth-order valence-corrected chi connectivity index (χ4v) is 2.02. The summed E-state index contributed by atoms with van der Waals surface area (Å²) in [6.07, 6.45) is -0.946. The molecule has 0 amide bonds. The SMILES string of the molecule is COC(=O)[C@@H]1OC(C(Cl)(Cl)Cl)=N[C@H]1c1ccccc1. The van der Waals surface area contributed by atoms with Gasteiger partial charge in [-0.15, -0.1) is 0 Å². The maximum absolute atomic E-state index is 11.7. The predicted molar refractivity (Wildman–Crippen MR) is 73.8 cm³/mol. The number of nitrogens with zero attached hydrogens (tertiary/aromatic N) is 1. The van der Waals surface area contributed by atoms with Crippen LogP contribution in [0.25, 0.3) is 0 Å². The van der Waals surface area contributed by atoms with E-state index >= 15 is 0 Å². The minimum Gasteiger partial charge on any atom is -0.466 e. The van der Waals surface area contributed by atoms with Crippen molar-refractivity contribution < 1.29 is 14.3 Å². The van der Waals surface area contributed by atoms with Gasteiger partial charge in [0.1, 0.15) is 6.04 Å². The molecule has 4 nitrogen and oxygen atoms in total. The minimum absolute atomic E-state index is 0.109. The Kier molecular flexibility index (Phi) is 4.23. The van der Waals surface area contributed by atoms with Crippen LogP contribution < -0.4 is 0 Å². The van der Waals surface area contributed by atoms with Crippen LogP contribution in [0.15, 0.2) is 35.3 Å². The number of alkyl halides is 3. The first-order chi connectivity index (χ1) is 8.93. The van der Waals surface area contributed by atoms with Gasteiger partial charge in [0.25, 0.3) is 3.79 Å². The third-order valence-corrected chi connectivity index (χ3v) is 3.08. The van der Waals surface area contributed by atoms with Gasteiger partial charge in [-0.05, 0) is 5.56 Å². The first kappa shape index (κ1) is 14.4. The molecule has 0 saturated carbocycles. The first-order valence-electron chi connectivity index (χ1n) is 5.38. The van der Waals surface area contributed by atoms with Crippen LogP contribution in [0, 0.1) is 0 Å². The lowest BCUT2D eigenvalue weighted by molar-refractivity contribution is -0.149. The number of hydrogen-bond donors (Lipinski definition) is 0. The monoisotopic (exact) mass is 321 g/mol. The molecule has 1 aromatic carbocycles. The maximum atomic E-state index is 11.7. The van der Waals surface area contributed by atoms with E-state index in [1.807, 2.05) is 30.3 Å². The van der Waals surface area contributed by atoms with E-state index in [9.17, 15) is 4.79 Å². The van der Waals surface area contributed by atoms with E-state index in [1.165, 1.54) is 7.11 Å². The molecule has 1 aliphatic heterocycles. The summed E-state index contributed by atoms with van der Waals surface area (Å²) in [6.45, 7) is 0. The van der Waals surface area contributed by atoms with E-state index in [0.29, 0.717) is 0 Å². The van der Waals surface area contributed by atoms with Crippen molar-refractivity contribution in [1.82, 2.24) is 0 Å². The lowest BCUT2D eigenvalue weighted by Gasteiger charge is -2.16. The molecular formula is C12H10Cl3NO3. The summed E-state index contributed by atoms with van der Waals surface area (Å²) in [5.41, 5.74) is 0.780. The van der Waals surface area contributed by atoms with Gasteiger partial charge in [0.05, 0.1) is 7.11 Å². The lowest BCUT2D eigenvalue weighted by atomic mass is 10.0. The Labute approximate surface area is 125 Å². The number of esters is 1. The Morgan fingerprint density at radius 2 is 1.95 bits per heavy atom. The van der Waals surface area contributed by atoms with Gasteiger partial charge in [-0.2, -0.15) is 0 Å². The van der Waals surface area contributed by atoms with E-state index in [0.717, 1.165) is 5.56 Å². The molecule has 0 fully saturated rings. The molecule has 0 bridgehead atoms. The van der Waals surface area contributed by atoms with Crippen LogP contribution in [0.2, 0.25) is 0 Å². The highest BCUT2D eigenvalue weighted by Gasteiger charge is 2.45. The van der Waals surface area contributed by atoms with E-state index in [1.54, 1.807) is 0 Å². The quantitative estimate of drug-likeness (QED) is 0.621. The van der Waals surface area contributed by atoms with Gasteiger partial charge >= 0.3 is 5.97 Å². The zero-order chi connectivity index (χ0) is 14.0. The smallest absolute Gasteiger partial charge is 0.349 e. The van der Waals surface area contributed by atoms with Gasteiger partial charge in [-0.1, -0.05) is 65.1 Å². The van der Waals surface area contributed by atoms with Crippen molar-refractivity contribution in [3.05, 3.63) is 35.9 Å². The molecule has 0 spiro atoms. The van der Waals surface area contributed by atoms with Crippen molar-refractivity contribution in [2.24, 2.45) is 4.99 Å². The molecule has 0 aromatic heterocycles. The van der Waals surface area contributed by atoms with E-state index in [4.69, 9.17) is 39.5 Å². The number of halogens is 3. The fourth-order valence-electron chi connectivity index (χ4n) is 1.74. The standard InChI is InChI=1S/C12H10Cl3NO3/c1-18-10(17)9-8(7-5-3-2-4-6-7)16-11(19-9)12(13,14)15/h2-6,8-9H,1H3/t8-,9+/m0/s1. The van der Waals surface area contributed by atoms with Crippen molar-refractivity contribution in [3.8, 4) is 0 Å². The van der Waals surface area contributed by atoms with Gasteiger partial charge in [0.2, 0.25) is 12.0 Å². The van der Waals surface area contributed by atoms with Crippen LogP contribution in [0.5, 0.6) is 0 Å². The number of aliphatic imine (C=N–C) groups is 1. The molecule has 102 valence electrons. The second-order valence-electron chi connectivity index (χ2n) is 3.85. The molecule has 0 N–H and O–H groups in total. The van der Waals surface area contributed by atoms with Gasteiger partial charge in [-0.25, -0.2) is 9.79 Å². The molecule has 1 heterocycles. The Morgan fingerprint density at radius 3 is 2.47 bits per heavy atom. The molecule has 0 aliphatic carbocycles. The molecule has 7 heteroatoms. The molecule has 0 radical (unpaired) electrons. The number of ether oxygens (including phenoxy) is 2. The minimum atomic E-state index is -1.81. The Balaban J connectivity index is 2.35. The summed E-state index contributed by atoms with van der Waals surface area (Å²) in [7, 11) is 1.26. The summed E-state index contributed by atoms with van der Waals surface area (Å²) in [5, 5.41) is 0. The maximum Gasteiger partial charge on any atom is 0.349 e. The second-order valence-corrected chi connectivity index (χ2v) is 6.13. The van der Waals surface area contributed by atoms with E-state index < -0.39 is 21.9 Å². The number of hydrogen-bond acceptors (Lipinski definition) is 4. The highest BCUT2D eigenvalue weighted by Crippen LogP contribution is 2.38. The molecular weight excluding hydrogens is 312 g/mol. The number of methoxy groups -OCH3 is 1. The highest BCUT2D eigenvalue weighted by molar-refractivity contribution is 6.76. The Morgan fingerprint density at radius 1 is 1.32 bits per heavy atom. The van der Waals surface area contributed by atoms with Gasteiger partial charge in [-0.3, -0.25) is 0 Å². The number of carbonyl (C=O) groups is 1. The van der Waals surface area contributed by atoms with Crippen LogP contribution >= 0.6 is 34.8 Å². The summed E-state index contributed by atoms with van der Waals surface area (Å²) in [4.78, 5) is 15.9. The number of carbonyl (C=O) groups excluding carboxylic acids is 1. The molecule has 2 rings (SSSR count). The Hall–Kier alpha value is -0.970. The van der Waals surface area contributed by atoms with Gasteiger partial charge in [0.15, 0.2) is 0 Å². The fraction of sp³-hybridized carbons (Fsp3) is 0.333. The highest BCUT2D eigenvalue weighted by atomic mass is 35.6. The largest absolute Gasteiger partial charge is 0.466 e. The van der Waals surface area contributed by atoms with Gasteiger partial charge in [0, 0.05) is 0 Å². The van der Waals surface area contributed by atoms with Crippen LogP contribution in [0.3, 0.4) is 0 Å². The van der Waals surface area contributed by atoms with Crippen molar-refractivity contribution in [3.63, 3.8) is 0 Å². The van der Waals surface area contributed by atoms with Crippen molar-refractivity contribution >= 4 is 46.7 Å². The summed E-state index contributed by atoms with van der Waals surface area (Å²) in [6, 6.07) is 8.55. The average molecular weight is 323 g/mol. The van der Waals surface area contributed by atoms with E-state index in [2.05, 4.69) is 9.73 Å². The zero-order valence-electron chi connectivity index (χ0n) is 9.85. The molecule has 0 saturated heterocycles. The van der Waals surface area contributed by atoms with Crippen LogP contribution in [0.4, 0.5) is 0 Å². The lowest BCUT2D eigenvalue weighted by Crippen LogP contribution is -2.30. The van der Waals surface area contributed by atoms with Crippen LogP contribution in [-0.2, 0) is 14.3 Å². The van der Waals surface area contributed by atoms with Crippen molar-refractivity contribution in [2.75, 3.05) is 7.11 Å². The topological polar surface area (TPSA) is 47.9 Å². The van der Waals surface area contributed by atoms with Gasteiger partial charge < -0.3 is 9.47 Å². The summed E-state index contributed by atoms with van der Waals surface area (Å²) in [5.74, 6) is -0.677. The summed E-state index contributed by atoms with van der Waals surface area (Å²) < 4.78 is 8.20. The molecule has 2 atom stereocenters. The first-order valence-corrected chi connectivity index (χ1v) is 6.51. The molecule has 0 unspecified atom stereocenters. The Bertz CT molecular complexity index is 499. The third kappa shape index (κ3) is 3.14. The number of benzene rings is 1. The van der Waals surface area contributed by atoms with Crippen molar-refractivity contribution in [1.29, 1.82) is 0 Å². The molecule has 1 aliphatic rings. The van der Waals surface area contributed by atoms with Crippen LogP contribution in [0.1, 0.15) is 11.6 Å². The normalized spacial score (nSPS) is 22.6. The number of rotatable bonds is 2. The molecule has 1 aromatic rings. The summed E-state index contributed by atoms with van der Waals surface area (Å²) >= 11 is 17.2. The van der Waals surface area contributed by atoms with E-state index in [-0.39, 0.29) is 5.90 Å².